The summed E-state index contributed by atoms with van der Waals surface area (Å²) in [6, 6.07) is 12.2. The molecule has 0 saturated carbocycles. The maximum absolute atomic E-state index is 12.3. The van der Waals surface area contributed by atoms with Crippen molar-refractivity contribution < 1.29 is 9.53 Å². The Labute approximate surface area is 138 Å². The Bertz CT molecular complexity index is 630. The fraction of sp³-hybridized carbons (Fsp3) is 0.400. The highest BCUT2D eigenvalue weighted by atomic mass is 16.5. The zero-order valence-electron chi connectivity index (χ0n) is 14.4. The minimum Gasteiger partial charge on any atom is -0.495 e. The van der Waals surface area contributed by atoms with Crippen LogP contribution >= 0.6 is 0 Å². The van der Waals surface area contributed by atoms with Gasteiger partial charge in [0, 0.05) is 24.5 Å². The molecule has 0 amide bonds. The van der Waals surface area contributed by atoms with Crippen molar-refractivity contribution in [3.05, 3.63) is 59.4 Å². The van der Waals surface area contributed by atoms with Gasteiger partial charge in [0.25, 0.3) is 0 Å². The van der Waals surface area contributed by atoms with E-state index in [1.807, 2.05) is 19.1 Å². The van der Waals surface area contributed by atoms with Crippen LogP contribution in [0.15, 0.2) is 42.6 Å². The third kappa shape index (κ3) is 4.92. The summed E-state index contributed by atoms with van der Waals surface area (Å²) < 4.78 is 5.11. The van der Waals surface area contributed by atoms with Gasteiger partial charge < -0.3 is 4.74 Å². The molecule has 0 spiro atoms. The van der Waals surface area contributed by atoms with Gasteiger partial charge in [0.2, 0.25) is 0 Å². The number of carbonyl (C=O) groups is 1. The van der Waals surface area contributed by atoms with Crippen LogP contribution in [0.1, 0.15) is 55.8 Å². The first kappa shape index (κ1) is 17.2. The topological polar surface area (TPSA) is 39.2 Å². The molecule has 0 aliphatic heterocycles. The lowest BCUT2D eigenvalue weighted by atomic mass is 9.95. The predicted octanol–water partition coefficient (Wildman–Crippen LogP) is 4.52. The van der Waals surface area contributed by atoms with Crippen molar-refractivity contribution in [3.63, 3.8) is 0 Å². The molecule has 3 nitrogen and oxygen atoms in total. The molecular weight excluding hydrogens is 286 g/mol. The van der Waals surface area contributed by atoms with Crippen LogP contribution in [0.4, 0.5) is 0 Å². The minimum atomic E-state index is 0.114. The molecule has 23 heavy (non-hydrogen) atoms. The second-order valence-corrected chi connectivity index (χ2v) is 6.34. The Kier molecular flexibility index (Phi) is 5.91. The summed E-state index contributed by atoms with van der Waals surface area (Å²) in [6.45, 7) is 6.38. The number of rotatable bonds is 7. The molecular formula is C20H25NO2. The van der Waals surface area contributed by atoms with Gasteiger partial charge in [0.05, 0.1) is 13.3 Å². The number of pyridine rings is 1. The maximum atomic E-state index is 12.3. The second kappa shape index (κ2) is 7.91. The Morgan fingerprint density at radius 2 is 1.78 bits per heavy atom. The molecule has 1 heterocycles. The number of carbonyl (C=O) groups excluding carboxylic acids is 1. The van der Waals surface area contributed by atoms with E-state index in [-0.39, 0.29) is 11.7 Å². The third-order valence-corrected chi connectivity index (χ3v) is 4.08. The largest absolute Gasteiger partial charge is 0.495 e. The van der Waals surface area contributed by atoms with Crippen LogP contribution in [0.2, 0.25) is 0 Å². The number of aromatic nitrogens is 1. The maximum Gasteiger partial charge on any atom is 0.137 e. The van der Waals surface area contributed by atoms with Crippen molar-refractivity contribution in [2.24, 2.45) is 0 Å². The van der Waals surface area contributed by atoms with Gasteiger partial charge >= 0.3 is 0 Å². The molecule has 1 atom stereocenters. The Morgan fingerprint density at radius 3 is 2.30 bits per heavy atom. The minimum absolute atomic E-state index is 0.114. The smallest absolute Gasteiger partial charge is 0.137 e. The first-order chi connectivity index (χ1) is 11.0. The van der Waals surface area contributed by atoms with E-state index < -0.39 is 0 Å². The van der Waals surface area contributed by atoms with E-state index in [1.54, 1.807) is 13.3 Å². The zero-order valence-corrected chi connectivity index (χ0v) is 14.4. The summed E-state index contributed by atoms with van der Waals surface area (Å²) in [4.78, 5) is 16.6. The highest BCUT2D eigenvalue weighted by molar-refractivity contribution is 5.81. The molecule has 0 bridgehead atoms. The van der Waals surface area contributed by atoms with Gasteiger partial charge in [-0.05, 0) is 29.2 Å². The normalized spacial score (nSPS) is 12.2. The van der Waals surface area contributed by atoms with E-state index in [0.717, 1.165) is 17.0 Å². The van der Waals surface area contributed by atoms with Gasteiger partial charge in [-0.3, -0.25) is 9.78 Å². The highest BCUT2D eigenvalue weighted by Crippen LogP contribution is 2.21. The van der Waals surface area contributed by atoms with E-state index in [9.17, 15) is 4.79 Å². The number of methoxy groups -OCH3 is 1. The van der Waals surface area contributed by atoms with Crippen LogP contribution in [0.25, 0.3) is 0 Å². The molecule has 1 aromatic carbocycles. The number of hydrogen-bond acceptors (Lipinski definition) is 3. The van der Waals surface area contributed by atoms with Crippen molar-refractivity contribution in [1.29, 1.82) is 0 Å². The lowest BCUT2D eigenvalue weighted by Gasteiger charge is -2.11. The first-order valence-electron chi connectivity index (χ1n) is 8.10. The van der Waals surface area contributed by atoms with E-state index in [0.29, 0.717) is 18.8 Å². The van der Waals surface area contributed by atoms with Gasteiger partial charge in [-0.2, -0.15) is 0 Å². The summed E-state index contributed by atoms with van der Waals surface area (Å²) in [7, 11) is 1.62. The van der Waals surface area contributed by atoms with Gasteiger partial charge in [0.1, 0.15) is 11.5 Å². The summed E-state index contributed by atoms with van der Waals surface area (Å²) in [5, 5.41) is 0. The summed E-state index contributed by atoms with van der Waals surface area (Å²) in [5.41, 5.74) is 3.31. The molecule has 0 aliphatic rings. The molecule has 0 aliphatic carbocycles. The van der Waals surface area contributed by atoms with Crippen molar-refractivity contribution >= 4 is 5.78 Å². The van der Waals surface area contributed by atoms with Crippen LogP contribution in [0.3, 0.4) is 0 Å². The number of ether oxygens (including phenoxy) is 1. The van der Waals surface area contributed by atoms with Crippen LogP contribution < -0.4 is 4.74 Å². The molecule has 0 saturated heterocycles. The number of ketones is 1. The van der Waals surface area contributed by atoms with E-state index in [2.05, 4.69) is 43.1 Å². The molecule has 122 valence electrons. The Morgan fingerprint density at radius 1 is 1.09 bits per heavy atom. The highest BCUT2D eigenvalue weighted by Gasteiger charge is 2.13. The molecule has 3 heteroatoms. The molecule has 2 rings (SSSR count). The van der Waals surface area contributed by atoms with Crippen molar-refractivity contribution in [3.8, 4) is 5.75 Å². The second-order valence-electron chi connectivity index (χ2n) is 6.34. The summed E-state index contributed by atoms with van der Waals surface area (Å²) in [5.74, 6) is 1.61. The number of nitrogens with zero attached hydrogens (tertiary/aromatic N) is 1. The van der Waals surface area contributed by atoms with E-state index in [4.69, 9.17) is 4.74 Å². The van der Waals surface area contributed by atoms with Gasteiger partial charge in [-0.25, -0.2) is 0 Å². The molecule has 1 aromatic heterocycles. The molecule has 0 radical (unpaired) electrons. The fourth-order valence-corrected chi connectivity index (χ4v) is 2.57. The third-order valence-electron chi connectivity index (χ3n) is 4.08. The Balaban J connectivity index is 1.92. The van der Waals surface area contributed by atoms with Gasteiger partial charge in [0.15, 0.2) is 0 Å². The molecule has 0 unspecified atom stereocenters. The molecule has 0 N–H and O–H groups in total. The van der Waals surface area contributed by atoms with Crippen molar-refractivity contribution in [2.45, 2.75) is 45.4 Å². The monoisotopic (exact) mass is 311 g/mol. The van der Waals surface area contributed by atoms with Crippen LogP contribution in [0.5, 0.6) is 5.75 Å². The number of benzene rings is 1. The molecule has 0 fully saturated rings. The zero-order chi connectivity index (χ0) is 16.8. The van der Waals surface area contributed by atoms with E-state index >= 15 is 0 Å². The standard InChI is InChI=1S/C20H25NO2/c1-14(2)17-7-5-16(6-8-17)12-18(22)11-15(3)20-10-9-19(23-4)13-21-20/h5-10,13-15H,11-12H2,1-4H3/t15-/m0/s1. The first-order valence-corrected chi connectivity index (χ1v) is 8.10. The SMILES string of the molecule is COc1ccc([C@@H](C)CC(=O)Cc2ccc(C(C)C)cc2)nc1. The van der Waals surface area contributed by atoms with Gasteiger partial charge in [-0.15, -0.1) is 0 Å². The van der Waals surface area contributed by atoms with Gasteiger partial charge in [-0.1, -0.05) is 45.0 Å². The summed E-state index contributed by atoms with van der Waals surface area (Å²) in [6.07, 6.45) is 2.69. The van der Waals surface area contributed by atoms with Crippen LogP contribution in [-0.2, 0) is 11.2 Å². The molecule has 2 aromatic rings. The summed E-state index contributed by atoms with van der Waals surface area (Å²) >= 11 is 0. The lowest BCUT2D eigenvalue weighted by Crippen LogP contribution is -2.08. The fourth-order valence-electron chi connectivity index (χ4n) is 2.57. The van der Waals surface area contributed by atoms with Crippen LogP contribution in [-0.4, -0.2) is 17.9 Å². The van der Waals surface area contributed by atoms with E-state index in [1.165, 1.54) is 5.56 Å². The van der Waals surface area contributed by atoms with Crippen molar-refractivity contribution in [1.82, 2.24) is 4.98 Å². The van der Waals surface area contributed by atoms with Crippen molar-refractivity contribution in [2.75, 3.05) is 7.11 Å². The number of Topliss-reactive ketones (excluding diaryl/α,β-unsaturated/α-hetero) is 1. The number of hydrogen-bond donors (Lipinski definition) is 0. The predicted molar refractivity (Wildman–Crippen MR) is 93.1 cm³/mol. The lowest BCUT2D eigenvalue weighted by molar-refractivity contribution is -0.118. The average Bonchev–Trinajstić information content (AvgIpc) is 2.55. The quantitative estimate of drug-likeness (QED) is 0.754. The average molecular weight is 311 g/mol. The Hall–Kier alpha value is -2.16. The van der Waals surface area contributed by atoms with Crippen LogP contribution in [0, 0.1) is 0 Å².